The number of carbonyl (C=O) groups is 1. The van der Waals surface area contributed by atoms with Gasteiger partial charge in [-0.25, -0.2) is 13.8 Å². The lowest BCUT2D eigenvalue weighted by Gasteiger charge is -2.29. The Morgan fingerprint density at radius 3 is 2.74 bits per heavy atom. The van der Waals surface area contributed by atoms with Crippen molar-refractivity contribution in [2.75, 3.05) is 36.1 Å². The number of nitrogens with one attached hydrogen (secondary N) is 2. The number of aromatic nitrogens is 2. The first-order chi connectivity index (χ1) is 14.8. The van der Waals surface area contributed by atoms with E-state index in [4.69, 9.17) is 10.5 Å². The van der Waals surface area contributed by atoms with Gasteiger partial charge in [0.05, 0.1) is 28.2 Å². The summed E-state index contributed by atoms with van der Waals surface area (Å²) in [6.45, 7) is 2.26. The SMILES string of the molecule is CC1COc2c(NCCNc3cc(F)cc(F)n3)c(F)c(N)c3c(=O)c(C=O)cn1c23. The molecule has 0 bridgehead atoms. The second-order valence-corrected chi connectivity index (χ2v) is 7.10. The van der Waals surface area contributed by atoms with Crippen LogP contribution in [0.25, 0.3) is 10.9 Å². The van der Waals surface area contributed by atoms with Crippen LogP contribution in [0.5, 0.6) is 5.75 Å². The third-order valence-corrected chi connectivity index (χ3v) is 4.99. The summed E-state index contributed by atoms with van der Waals surface area (Å²) in [6.07, 6.45) is 1.81. The van der Waals surface area contributed by atoms with Crippen molar-refractivity contribution in [3.05, 3.63) is 51.7 Å². The van der Waals surface area contributed by atoms with Crippen LogP contribution in [0.2, 0.25) is 0 Å². The number of halogens is 3. The van der Waals surface area contributed by atoms with E-state index in [1.54, 1.807) is 4.57 Å². The van der Waals surface area contributed by atoms with E-state index in [0.717, 1.165) is 6.07 Å². The van der Waals surface area contributed by atoms with E-state index >= 15 is 4.39 Å². The van der Waals surface area contributed by atoms with Crippen LogP contribution in [0.15, 0.2) is 23.1 Å². The minimum atomic E-state index is -0.969. The molecule has 1 unspecified atom stereocenters. The summed E-state index contributed by atoms with van der Waals surface area (Å²) in [5.41, 5.74) is 4.96. The van der Waals surface area contributed by atoms with Crippen molar-refractivity contribution in [1.82, 2.24) is 9.55 Å². The van der Waals surface area contributed by atoms with Crippen LogP contribution < -0.4 is 26.5 Å². The lowest BCUT2D eigenvalue weighted by molar-refractivity contribution is 0.112. The molecule has 11 heteroatoms. The number of carbonyl (C=O) groups excluding carboxylic acids is 1. The zero-order valence-corrected chi connectivity index (χ0v) is 16.3. The summed E-state index contributed by atoms with van der Waals surface area (Å²) in [5.74, 6) is -2.55. The van der Waals surface area contributed by atoms with Gasteiger partial charge in [0, 0.05) is 31.4 Å². The normalized spacial score (nSPS) is 14.9. The van der Waals surface area contributed by atoms with Gasteiger partial charge in [0.25, 0.3) is 0 Å². The Labute approximate surface area is 173 Å². The Morgan fingerprint density at radius 2 is 2.03 bits per heavy atom. The third-order valence-electron chi connectivity index (χ3n) is 4.99. The summed E-state index contributed by atoms with van der Waals surface area (Å²) in [7, 11) is 0. The molecule has 0 fully saturated rings. The number of nitrogens with zero attached hydrogens (tertiary/aromatic N) is 2. The number of rotatable bonds is 6. The Bertz CT molecular complexity index is 1240. The van der Waals surface area contributed by atoms with Crippen LogP contribution in [-0.2, 0) is 0 Å². The molecule has 0 radical (unpaired) electrons. The van der Waals surface area contributed by atoms with Crippen molar-refractivity contribution in [2.24, 2.45) is 0 Å². The number of benzene rings is 1. The summed E-state index contributed by atoms with van der Waals surface area (Å²) in [5, 5.41) is 5.45. The number of hydrogen-bond acceptors (Lipinski definition) is 7. The zero-order chi connectivity index (χ0) is 22.3. The smallest absolute Gasteiger partial charge is 0.217 e. The molecular weight excluding hydrogens is 415 g/mol. The fourth-order valence-electron chi connectivity index (χ4n) is 3.55. The maximum absolute atomic E-state index is 15.1. The van der Waals surface area contributed by atoms with Crippen molar-refractivity contribution < 1.29 is 22.7 Å². The number of ether oxygens (including phenoxy) is 1. The van der Waals surface area contributed by atoms with Crippen molar-refractivity contribution in [3.63, 3.8) is 0 Å². The molecule has 0 amide bonds. The molecule has 0 aliphatic carbocycles. The zero-order valence-electron chi connectivity index (χ0n) is 16.3. The highest BCUT2D eigenvalue weighted by atomic mass is 19.1. The molecule has 1 aliphatic heterocycles. The highest BCUT2D eigenvalue weighted by Gasteiger charge is 2.29. The minimum absolute atomic E-state index is 0.0144. The Balaban J connectivity index is 1.68. The molecule has 1 aliphatic rings. The van der Waals surface area contributed by atoms with E-state index in [1.165, 1.54) is 6.20 Å². The predicted octanol–water partition coefficient (Wildman–Crippen LogP) is 2.69. The Morgan fingerprint density at radius 1 is 1.29 bits per heavy atom. The van der Waals surface area contributed by atoms with Crippen LogP contribution in [-0.4, -0.2) is 35.5 Å². The van der Waals surface area contributed by atoms with E-state index in [9.17, 15) is 18.4 Å². The van der Waals surface area contributed by atoms with E-state index in [0.29, 0.717) is 12.4 Å². The van der Waals surface area contributed by atoms with Crippen molar-refractivity contribution in [3.8, 4) is 5.75 Å². The number of aldehydes is 1. The monoisotopic (exact) mass is 433 g/mol. The number of pyridine rings is 2. The van der Waals surface area contributed by atoms with Gasteiger partial charge in [-0.2, -0.15) is 4.39 Å². The molecule has 2 aromatic heterocycles. The second-order valence-electron chi connectivity index (χ2n) is 7.10. The molecule has 162 valence electrons. The predicted molar refractivity (Wildman–Crippen MR) is 109 cm³/mol. The summed E-state index contributed by atoms with van der Waals surface area (Å²) in [4.78, 5) is 27.4. The number of nitrogen functional groups attached to an aromatic ring is 1. The molecule has 0 spiro atoms. The first kappa shape index (κ1) is 20.5. The van der Waals surface area contributed by atoms with Crippen molar-refractivity contribution >= 4 is 34.4 Å². The van der Waals surface area contributed by atoms with Crippen LogP contribution in [0.1, 0.15) is 23.3 Å². The molecule has 1 aromatic carbocycles. The quantitative estimate of drug-likeness (QED) is 0.237. The van der Waals surface area contributed by atoms with E-state index in [2.05, 4.69) is 15.6 Å². The Kier molecular flexibility index (Phi) is 5.17. The molecule has 0 saturated carbocycles. The molecule has 4 rings (SSSR count). The van der Waals surface area contributed by atoms with Crippen LogP contribution in [0.3, 0.4) is 0 Å². The maximum atomic E-state index is 15.1. The Hall–Kier alpha value is -3.76. The molecule has 3 aromatic rings. The van der Waals surface area contributed by atoms with Crippen LogP contribution in [0, 0.1) is 17.6 Å². The molecule has 31 heavy (non-hydrogen) atoms. The largest absolute Gasteiger partial charge is 0.487 e. The average molecular weight is 433 g/mol. The maximum Gasteiger partial charge on any atom is 0.217 e. The first-order valence-electron chi connectivity index (χ1n) is 9.40. The van der Waals surface area contributed by atoms with Crippen LogP contribution in [0.4, 0.5) is 30.4 Å². The van der Waals surface area contributed by atoms with Gasteiger partial charge in [-0.05, 0) is 6.92 Å². The molecular formula is C20H18F3N5O3. The molecule has 1 atom stereocenters. The summed E-state index contributed by atoms with van der Waals surface area (Å²) in [6, 6.07) is 1.45. The van der Waals surface area contributed by atoms with Gasteiger partial charge in [-0.15, -0.1) is 0 Å². The van der Waals surface area contributed by atoms with Gasteiger partial charge in [-0.1, -0.05) is 0 Å². The van der Waals surface area contributed by atoms with Gasteiger partial charge in [0.1, 0.15) is 23.9 Å². The summed E-state index contributed by atoms with van der Waals surface area (Å²) < 4.78 is 48.9. The molecule has 3 heterocycles. The fraction of sp³-hybridized carbons (Fsp3) is 0.250. The van der Waals surface area contributed by atoms with Crippen molar-refractivity contribution in [2.45, 2.75) is 13.0 Å². The second kappa shape index (κ2) is 7.82. The van der Waals surface area contributed by atoms with Gasteiger partial charge < -0.3 is 25.7 Å². The standard InChI is InChI=1S/C20H18F3N5O3/c1-9-8-31-20-17(26-3-2-25-13-5-11(21)4-12(22)27-13)15(23)16(24)14-18(20)28(9)6-10(7-29)19(14)30/h4-7,9,26H,2-3,8,24H2,1H3,(H,25,27). The molecule has 0 saturated heterocycles. The van der Waals surface area contributed by atoms with Gasteiger partial charge in [0.15, 0.2) is 17.9 Å². The van der Waals surface area contributed by atoms with E-state index in [1.807, 2.05) is 6.92 Å². The molecule has 8 nitrogen and oxygen atoms in total. The topological polar surface area (TPSA) is 111 Å². The van der Waals surface area contributed by atoms with Gasteiger partial charge in [-0.3, -0.25) is 9.59 Å². The fourth-order valence-corrected chi connectivity index (χ4v) is 3.55. The first-order valence-corrected chi connectivity index (χ1v) is 9.40. The average Bonchev–Trinajstić information content (AvgIpc) is 2.72. The lowest BCUT2D eigenvalue weighted by Crippen LogP contribution is -2.27. The van der Waals surface area contributed by atoms with Gasteiger partial charge in [0.2, 0.25) is 11.4 Å². The number of hydrogen-bond donors (Lipinski definition) is 3. The number of anilines is 3. The summed E-state index contributed by atoms with van der Waals surface area (Å²) >= 11 is 0. The highest BCUT2D eigenvalue weighted by Crippen LogP contribution is 2.42. The van der Waals surface area contributed by atoms with Crippen LogP contribution >= 0.6 is 0 Å². The highest BCUT2D eigenvalue weighted by molar-refractivity contribution is 6.02. The van der Waals surface area contributed by atoms with E-state index < -0.39 is 28.7 Å². The van der Waals surface area contributed by atoms with Gasteiger partial charge >= 0.3 is 0 Å². The lowest BCUT2D eigenvalue weighted by atomic mass is 10.0. The minimum Gasteiger partial charge on any atom is -0.487 e. The number of nitrogens with two attached hydrogens (primary N) is 1. The van der Waals surface area contributed by atoms with E-state index in [-0.39, 0.29) is 59.5 Å². The third kappa shape index (κ3) is 3.51. The molecule has 4 N–H and O–H groups in total. The van der Waals surface area contributed by atoms with Crippen molar-refractivity contribution in [1.29, 1.82) is 0 Å².